The Morgan fingerprint density at radius 2 is 1.58 bits per heavy atom. The van der Waals surface area contributed by atoms with Crippen LogP contribution in [0.1, 0.15) is 31.4 Å². The van der Waals surface area contributed by atoms with Gasteiger partial charge in [-0.3, -0.25) is 14.9 Å². The quantitative estimate of drug-likeness (QED) is 0.310. The van der Waals surface area contributed by atoms with Crippen LogP contribution in [0.4, 0.5) is 13.2 Å². The van der Waals surface area contributed by atoms with Crippen LogP contribution >= 0.6 is 0 Å². The van der Waals surface area contributed by atoms with Crippen LogP contribution < -0.4 is 20.5 Å². The number of carboxylic acid groups (broad SMARTS) is 1. The summed E-state index contributed by atoms with van der Waals surface area (Å²) in [6.07, 6.45) is -3.87. The number of aryl methyl sites for hydroxylation is 1. The van der Waals surface area contributed by atoms with Crippen molar-refractivity contribution < 1.29 is 42.1 Å². The van der Waals surface area contributed by atoms with Crippen LogP contribution in [0.25, 0.3) is 0 Å². The first kappa shape index (κ1) is 31.9. The molecule has 0 spiro atoms. The highest BCUT2D eigenvalue weighted by Crippen LogP contribution is 2.28. The molecule has 0 unspecified atom stereocenters. The Hall–Kier alpha value is -4.09. The van der Waals surface area contributed by atoms with Crippen molar-refractivity contribution in [1.29, 1.82) is 0 Å². The summed E-state index contributed by atoms with van der Waals surface area (Å²) in [5, 5.41) is 9.68. The first-order chi connectivity index (χ1) is 17.8. The van der Waals surface area contributed by atoms with Crippen LogP contribution in [0.15, 0.2) is 53.5 Å². The molecule has 12 heteroatoms. The number of nitrogens with two attached hydrogens (primary N) is 1. The van der Waals surface area contributed by atoms with E-state index in [4.69, 9.17) is 25.1 Å². The van der Waals surface area contributed by atoms with E-state index in [9.17, 15) is 22.8 Å². The molecule has 1 atom stereocenters. The molecule has 4 N–H and O–H groups in total. The van der Waals surface area contributed by atoms with E-state index in [0.717, 1.165) is 11.1 Å². The summed E-state index contributed by atoms with van der Waals surface area (Å²) in [7, 11) is 3.15. The zero-order chi connectivity index (χ0) is 28.9. The molecule has 0 bridgehead atoms. The predicted molar refractivity (Wildman–Crippen MR) is 135 cm³/mol. The topological polar surface area (TPSA) is 140 Å². The maximum absolute atomic E-state index is 13.0. The highest BCUT2D eigenvalue weighted by molar-refractivity contribution is 5.98. The molecule has 0 aromatic heterocycles. The standard InChI is InChI=1S/C24H31N3O4.C2HF3O2/c1-16(2)23(29)27-24(25)26-19(14-17-8-6-5-7-9-17)20(28)12-10-18-11-13-21(30-3)22(15-18)31-4;3-2(4,5)1(6)7/h5-9,11,13,15-16,19H,10,12,14H2,1-4H3,(H3,25,26,27,29);(H,6,7)/t19-;/m1./s1. The van der Waals surface area contributed by atoms with E-state index in [1.807, 2.05) is 48.5 Å². The van der Waals surface area contributed by atoms with E-state index < -0.39 is 18.2 Å². The molecule has 2 rings (SSSR count). The number of benzene rings is 2. The summed E-state index contributed by atoms with van der Waals surface area (Å²) in [6, 6.07) is 14.5. The van der Waals surface area contributed by atoms with E-state index in [0.29, 0.717) is 24.3 Å². The van der Waals surface area contributed by atoms with Crippen LogP contribution in [0.5, 0.6) is 11.5 Å². The van der Waals surface area contributed by atoms with Crippen molar-refractivity contribution in [2.75, 3.05) is 14.2 Å². The van der Waals surface area contributed by atoms with Gasteiger partial charge >= 0.3 is 12.1 Å². The lowest BCUT2D eigenvalue weighted by Gasteiger charge is -2.15. The van der Waals surface area contributed by atoms with Crippen molar-refractivity contribution in [2.24, 2.45) is 16.6 Å². The van der Waals surface area contributed by atoms with Crippen molar-refractivity contribution in [3.05, 3.63) is 59.7 Å². The molecule has 9 nitrogen and oxygen atoms in total. The van der Waals surface area contributed by atoms with Crippen molar-refractivity contribution >= 4 is 23.6 Å². The summed E-state index contributed by atoms with van der Waals surface area (Å²) in [4.78, 5) is 38.2. The van der Waals surface area contributed by atoms with Gasteiger partial charge in [0.15, 0.2) is 23.2 Å². The Morgan fingerprint density at radius 3 is 2.08 bits per heavy atom. The molecule has 0 aliphatic heterocycles. The number of ketones is 1. The zero-order valence-corrected chi connectivity index (χ0v) is 21.5. The molecule has 38 heavy (non-hydrogen) atoms. The number of rotatable bonds is 10. The van der Waals surface area contributed by atoms with Crippen LogP contribution in [0.3, 0.4) is 0 Å². The lowest BCUT2D eigenvalue weighted by molar-refractivity contribution is -0.192. The van der Waals surface area contributed by atoms with Gasteiger partial charge in [-0.2, -0.15) is 13.2 Å². The number of halogens is 3. The molecule has 1 amide bonds. The van der Waals surface area contributed by atoms with E-state index in [1.165, 1.54) is 0 Å². The zero-order valence-electron chi connectivity index (χ0n) is 21.5. The van der Waals surface area contributed by atoms with E-state index >= 15 is 0 Å². The molecule has 0 saturated heterocycles. The molecule has 2 aromatic carbocycles. The fraction of sp³-hybridized carbons (Fsp3) is 0.385. The van der Waals surface area contributed by atoms with Crippen LogP contribution in [-0.2, 0) is 27.2 Å². The lowest BCUT2D eigenvalue weighted by atomic mass is 9.98. The number of nitrogens with zero attached hydrogens (tertiary/aromatic N) is 1. The van der Waals surface area contributed by atoms with Gasteiger partial charge in [-0.25, -0.2) is 9.79 Å². The molecule has 0 aliphatic rings. The van der Waals surface area contributed by atoms with Crippen LogP contribution in [0, 0.1) is 5.92 Å². The number of amides is 1. The van der Waals surface area contributed by atoms with Crippen LogP contribution in [0.2, 0.25) is 0 Å². The Morgan fingerprint density at radius 1 is 1.00 bits per heavy atom. The average molecular weight is 540 g/mol. The number of carbonyl (C=O) groups is 3. The van der Waals surface area contributed by atoms with Gasteiger partial charge in [0.1, 0.15) is 6.04 Å². The van der Waals surface area contributed by atoms with Crippen LogP contribution in [-0.4, -0.2) is 55.2 Å². The first-order valence-corrected chi connectivity index (χ1v) is 11.5. The van der Waals surface area contributed by atoms with Gasteiger partial charge in [0, 0.05) is 18.8 Å². The molecule has 2 aromatic rings. The van der Waals surface area contributed by atoms with Crippen molar-refractivity contribution in [1.82, 2.24) is 5.32 Å². The molecule has 0 heterocycles. The molecule has 0 radical (unpaired) electrons. The number of hydrogen-bond donors (Lipinski definition) is 3. The van der Waals surface area contributed by atoms with Crippen molar-refractivity contribution in [3.63, 3.8) is 0 Å². The minimum Gasteiger partial charge on any atom is -0.493 e. The Bertz CT molecular complexity index is 1110. The Labute approximate surface area is 218 Å². The summed E-state index contributed by atoms with van der Waals surface area (Å²) in [5.41, 5.74) is 7.84. The molecule has 0 fully saturated rings. The summed E-state index contributed by atoms with van der Waals surface area (Å²) in [5.74, 6) is -2.07. The summed E-state index contributed by atoms with van der Waals surface area (Å²) < 4.78 is 42.3. The lowest BCUT2D eigenvalue weighted by Crippen LogP contribution is -2.41. The third-order valence-electron chi connectivity index (χ3n) is 5.06. The second kappa shape index (κ2) is 15.2. The predicted octanol–water partition coefficient (Wildman–Crippen LogP) is 3.54. The smallest absolute Gasteiger partial charge is 0.490 e. The fourth-order valence-electron chi connectivity index (χ4n) is 3.01. The maximum atomic E-state index is 13.0. The van der Waals surface area contributed by atoms with Gasteiger partial charge in [-0.1, -0.05) is 50.2 Å². The first-order valence-electron chi connectivity index (χ1n) is 11.5. The maximum Gasteiger partial charge on any atom is 0.490 e. The molecule has 208 valence electrons. The van der Waals surface area contributed by atoms with Gasteiger partial charge in [-0.15, -0.1) is 0 Å². The molecule has 0 aliphatic carbocycles. The number of nitrogens with one attached hydrogen (secondary N) is 1. The number of hydrogen-bond acceptors (Lipinski definition) is 6. The Balaban J connectivity index is 0.000000905. The summed E-state index contributed by atoms with van der Waals surface area (Å²) in [6.45, 7) is 3.52. The highest BCUT2D eigenvalue weighted by atomic mass is 19.4. The fourth-order valence-corrected chi connectivity index (χ4v) is 3.01. The number of ether oxygens (including phenoxy) is 2. The monoisotopic (exact) mass is 539 g/mol. The van der Waals surface area contributed by atoms with Gasteiger partial charge in [0.25, 0.3) is 0 Å². The third kappa shape index (κ3) is 11.3. The Kier molecular flexibility index (Phi) is 12.8. The second-order valence-electron chi connectivity index (χ2n) is 8.32. The van der Waals surface area contributed by atoms with Gasteiger partial charge in [0.2, 0.25) is 5.91 Å². The number of carboxylic acids is 1. The van der Waals surface area contributed by atoms with Gasteiger partial charge in [-0.05, 0) is 29.7 Å². The molecule has 0 saturated carbocycles. The minimum absolute atomic E-state index is 0.0425. The average Bonchev–Trinajstić information content (AvgIpc) is 2.86. The largest absolute Gasteiger partial charge is 0.493 e. The van der Waals surface area contributed by atoms with Gasteiger partial charge in [0.05, 0.1) is 14.2 Å². The van der Waals surface area contributed by atoms with Crippen molar-refractivity contribution in [2.45, 2.75) is 45.3 Å². The second-order valence-corrected chi connectivity index (χ2v) is 8.32. The van der Waals surface area contributed by atoms with Gasteiger partial charge < -0.3 is 20.3 Å². The number of aliphatic carboxylic acids is 1. The number of carbonyl (C=O) groups excluding carboxylic acids is 2. The minimum atomic E-state index is -5.08. The number of Topliss-reactive ketones (excluding diaryl/α,β-unsaturated/α-hetero) is 1. The molecular formula is C26H32F3N3O6. The van der Waals surface area contributed by atoms with Crippen molar-refractivity contribution in [3.8, 4) is 11.5 Å². The highest BCUT2D eigenvalue weighted by Gasteiger charge is 2.38. The third-order valence-corrected chi connectivity index (χ3v) is 5.06. The normalized spacial score (nSPS) is 12.2. The number of methoxy groups -OCH3 is 2. The van der Waals surface area contributed by atoms with E-state index in [-0.39, 0.29) is 30.0 Å². The number of alkyl halides is 3. The summed E-state index contributed by atoms with van der Waals surface area (Å²) >= 11 is 0. The van der Waals surface area contributed by atoms with E-state index in [2.05, 4.69) is 10.3 Å². The molecular weight excluding hydrogens is 507 g/mol. The van der Waals surface area contributed by atoms with E-state index in [1.54, 1.807) is 28.1 Å². The number of aliphatic imine (C=N–C) groups is 1. The SMILES string of the molecule is COc1ccc(CCC(=O)[C@@H](Cc2ccccc2)N=C(N)NC(=O)C(C)C)cc1OC.O=C(O)C(F)(F)F. The number of guanidine groups is 1.